The lowest BCUT2D eigenvalue weighted by atomic mass is 9.97. The Hall–Kier alpha value is -1.22. The van der Waals surface area contributed by atoms with E-state index in [1.807, 2.05) is 6.07 Å². The average Bonchev–Trinajstić information content (AvgIpc) is 2.65. The molecule has 0 radical (unpaired) electrons. The van der Waals surface area contributed by atoms with Crippen molar-refractivity contribution in [2.24, 2.45) is 0 Å². The van der Waals surface area contributed by atoms with Crippen molar-refractivity contribution in [3.8, 4) is 0 Å². The molecule has 1 aromatic carbocycles. The fraction of sp³-hybridized carbons (Fsp3) is 0.538. The van der Waals surface area contributed by atoms with Gasteiger partial charge in [0.15, 0.2) is 0 Å². The SMILES string of the molecule is Cc1ccc(N)c(N)c1C[C@H]1CCCN1C. The highest BCUT2D eigenvalue weighted by Crippen LogP contribution is 2.28. The van der Waals surface area contributed by atoms with Gasteiger partial charge in [0.25, 0.3) is 0 Å². The molecule has 3 heteroatoms. The number of hydrogen-bond acceptors (Lipinski definition) is 3. The van der Waals surface area contributed by atoms with E-state index in [-0.39, 0.29) is 0 Å². The molecule has 1 aromatic rings. The van der Waals surface area contributed by atoms with Crippen LogP contribution >= 0.6 is 0 Å². The van der Waals surface area contributed by atoms with Gasteiger partial charge < -0.3 is 16.4 Å². The molecule has 1 atom stereocenters. The Morgan fingerprint density at radius 3 is 2.75 bits per heavy atom. The smallest absolute Gasteiger partial charge is 0.0583 e. The monoisotopic (exact) mass is 219 g/mol. The van der Waals surface area contributed by atoms with Crippen LogP contribution in [0.15, 0.2) is 12.1 Å². The van der Waals surface area contributed by atoms with Crippen LogP contribution < -0.4 is 11.5 Å². The Labute approximate surface area is 97.4 Å². The van der Waals surface area contributed by atoms with Crippen LogP contribution in [-0.4, -0.2) is 24.5 Å². The Bertz CT molecular complexity index is 387. The Kier molecular flexibility index (Phi) is 3.06. The first-order chi connectivity index (χ1) is 7.59. The summed E-state index contributed by atoms with van der Waals surface area (Å²) in [6, 6.07) is 4.59. The minimum Gasteiger partial charge on any atom is -0.397 e. The molecule has 3 nitrogen and oxygen atoms in total. The third-order valence-corrected chi connectivity index (χ3v) is 3.74. The number of nitrogens with zero attached hydrogens (tertiary/aromatic N) is 1. The number of likely N-dealkylation sites (N-methyl/N-ethyl adjacent to an activating group) is 1. The van der Waals surface area contributed by atoms with Gasteiger partial charge in [0.1, 0.15) is 0 Å². The van der Waals surface area contributed by atoms with Crippen LogP contribution in [0.2, 0.25) is 0 Å². The lowest BCUT2D eigenvalue weighted by Gasteiger charge is -2.21. The number of rotatable bonds is 2. The fourth-order valence-corrected chi connectivity index (χ4v) is 2.54. The molecule has 1 aliphatic heterocycles. The highest BCUT2D eigenvalue weighted by atomic mass is 15.1. The van der Waals surface area contributed by atoms with E-state index in [0.29, 0.717) is 11.7 Å². The molecule has 0 spiro atoms. The largest absolute Gasteiger partial charge is 0.397 e. The predicted octanol–water partition coefficient (Wildman–Crippen LogP) is 1.80. The molecule has 0 saturated carbocycles. The van der Waals surface area contributed by atoms with Gasteiger partial charge in [-0.2, -0.15) is 0 Å². The molecular weight excluding hydrogens is 198 g/mol. The summed E-state index contributed by atoms with van der Waals surface area (Å²) in [5.74, 6) is 0. The Morgan fingerprint density at radius 2 is 2.12 bits per heavy atom. The maximum atomic E-state index is 6.06. The van der Waals surface area contributed by atoms with Crippen molar-refractivity contribution in [1.82, 2.24) is 4.90 Å². The van der Waals surface area contributed by atoms with Crippen molar-refractivity contribution < 1.29 is 0 Å². The zero-order valence-electron chi connectivity index (χ0n) is 10.2. The van der Waals surface area contributed by atoms with Crippen molar-refractivity contribution >= 4 is 11.4 Å². The van der Waals surface area contributed by atoms with Gasteiger partial charge >= 0.3 is 0 Å². The van der Waals surface area contributed by atoms with E-state index in [1.54, 1.807) is 0 Å². The molecule has 4 N–H and O–H groups in total. The van der Waals surface area contributed by atoms with Gasteiger partial charge in [0, 0.05) is 6.04 Å². The van der Waals surface area contributed by atoms with Gasteiger partial charge in [0.2, 0.25) is 0 Å². The first-order valence-electron chi connectivity index (χ1n) is 5.93. The number of benzene rings is 1. The molecule has 16 heavy (non-hydrogen) atoms. The summed E-state index contributed by atoms with van der Waals surface area (Å²) in [6.07, 6.45) is 3.59. The third kappa shape index (κ3) is 2.00. The molecule has 0 bridgehead atoms. The van der Waals surface area contributed by atoms with Gasteiger partial charge in [-0.15, -0.1) is 0 Å². The van der Waals surface area contributed by atoms with Gasteiger partial charge in [-0.1, -0.05) is 6.07 Å². The Morgan fingerprint density at radius 1 is 1.38 bits per heavy atom. The standard InChI is InChI=1S/C13H21N3/c1-9-5-6-12(14)13(15)11(9)8-10-4-3-7-16(10)2/h5-6,10H,3-4,7-8,14-15H2,1-2H3/t10-/m1/s1. The molecule has 0 unspecified atom stereocenters. The highest BCUT2D eigenvalue weighted by Gasteiger charge is 2.22. The molecule has 0 amide bonds. The van der Waals surface area contributed by atoms with E-state index >= 15 is 0 Å². The Balaban J connectivity index is 2.23. The first-order valence-corrected chi connectivity index (χ1v) is 5.93. The van der Waals surface area contributed by atoms with E-state index in [9.17, 15) is 0 Å². The van der Waals surface area contributed by atoms with E-state index in [1.165, 1.54) is 30.5 Å². The molecule has 0 aromatic heterocycles. The summed E-state index contributed by atoms with van der Waals surface area (Å²) in [5, 5.41) is 0. The number of hydrogen-bond donors (Lipinski definition) is 2. The molecule has 88 valence electrons. The van der Waals surface area contributed by atoms with Gasteiger partial charge in [-0.25, -0.2) is 0 Å². The van der Waals surface area contributed by atoms with Crippen molar-refractivity contribution in [2.45, 2.75) is 32.2 Å². The minimum absolute atomic E-state index is 0.628. The third-order valence-electron chi connectivity index (χ3n) is 3.74. The molecule has 2 rings (SSSR count). The average molecular weight is 219 g/mol. The van der Waals surface area contributed by atoms with Crippen LogP contribution in [0.1, 0.15) is 24.0 Å². The van der Waals surface area contributed by atoms with Crippen LogP contribution in [0, 0.1) is 6.92 Å². The lowest BCUT2D eigenvalue weighted by Crippen LogP contribution is -2.27. The second-order valence-electron chi connectivity index (χ2n) is 4.84. The zero-order valence-corrected chi connectivity index (χ0v) is 10.2. The second-order valence-corrected chi connectivity index (χ2v) is 4.84. The van der Waals surface area contributed by atoms with Crippen LogP contribution in [0.5, 0.6) is 0 Å². The number of aryl methyl sites for hydroxylation is 1. The van der Waals surface area contributed by atoms with Gasteiger partial charge in [0.05, 0.1) is 11.4 Å². The minimum atomic E-state index is 0.628. The summed E-state index contributed by atoms with van der Waals surface area (Å²) in [6.45, 7) is 3.31. The second kappa shape index (κ2) is 4.34. The lowest BCUT2D eigenvalue weighted by molar-refractivity contribution is 0.309. The van der Waals surface area contributed by atoms with Crippen LogP contribution in [0.3, 0.4) is 0 Å². The number of nitrogen functional groups attached to an aromatic ring is 2. The van der Waals surface area contributed by atoms with Crippen LogP contribution in [0.4, 0.5) is 11.4 Å². The molecule has 0 aliphatic carbocycles. The first kappa shape index (κ1) is 11.3. The zero-order chi connectivity index (χ0) is 11.7. The van der Waals surface area contributed by atoms with Crippen molar-refractivity contribution in [3.63, 3.8) is 0 Å². The summed E-state index contributed by atoms with van der Waals surface area (Å²) in [7, 11) is 2.19. The highest BCUT2D eigenvalue weighted by molar-refractivity contribution is 5.69. The van der Waals surface area contributed by atoms with E-state index in [2.05, 4.69) is 24.9 Å². The summed E-state index contributed by atoms with van der Waals surface area (Å²) in [4.78, 5) is 2.42. The molecule has 1 heterocycles. The summed E-state index contributed by atoms with van der Waals surface area (Å²) in [5.41, 5.74) is 15.9. The summed E-state index contributed by atoms with van der Waals surface area (Å²) < 4.78 is 0. The maximum Gasteiger partial charge on any atom is 0.0583 e. The number of nitrogens with two attached hydrogens (primary N) is 2. The fourth-order valence-electron chi connectivity index (χ4n) is 2.54. The van der Waals surface area contributed by atoms with E-state index in [0.717, 1.165) is 12.1 Å². The van der Waals surface area contributed by atoms with Crippen molar-refractivity contribution in [1.29, 1.82) is 0 Å². The predicted molar refractivity (Wildman–Crippen MR) is 69.4 cm³/mol. The molecule has 1 saturated heterocycles. The number of likely N-dealkylation sites (tertiary alicyclic amines) is 1. The van der Waals surface area contributed by atoms with Crippen LogP contribution in [-0.2, 0) is 6.42 Å². The quantitative estimate of drug-likeness (QED) is 0.746. The van der Waals surface area contributed by atoms with Crippen molar-refractivity contribution in [3.05, 3.63) is 23.3 Å². The molecule has 1 aliphatic rings. The molecule has 1 fully saturated rings. The van der Waals surface area contributed by atoms with E-state index in [4.69, 9.17) is 11.5 Å². The number of anilines is 2. The summed E-state index contributed by atoms with van der Waals surface area (Å²) >= 11 is 0. The normalized spacial score (nSPS) is 21.5. The molecular formula is C13H21N3. The van der Waals surface area contributed by atoms with E-state index < -0.39 is 0 Å². The van der Waals surface area contributed by atoms with Crippen LogP contribution in [0.25, 0.3) is 0 Å². The van der Waals surface area contributed by atoms with Crippen molar-refractivity contribution in [2.75, 3.05) is 25.1 Å². The maximum absolute atomic E-state index is 6.06. The van der Waals surface area contributed by atoms with Gasteiger partial charge in [-0.3, -0.25) is 0 Å². The van der Waals surface area contributed by atoms with Gasteiger partial charge in [-0.05, 0) is 57.0 Å². The topological polar surface area (TPSA) is 55.3 Å².